The van der Waals surface area contributed by atoms with E-state index in [0.29, 0.717) is 15.6 Å². The molecule has 0 amide bonds. The van der Waals surface area contributed by atoms with Gasteiger partial charge >= 0.3 is 0 Å². The molecule has 0 fully saturated rings. The number of halogens is 2. The second-order valence-electron chi connectivity index (χ2n) is 2.31. The fourth-order valence-corrected chi connectivity index (χ4v) is 1.29. The van der Waals surface area contributed by atoms with Crippen LogP contribution in [-0.2, 0) is 0 Å². The summed E-state index contributed by atoms with van der Waals surface area (Å²) in [5, 5.41) is 0.445. The number of hydrogen-bond acceptors (Lipinski definition) is 2. The Balaban J connectivity index is 2.86. The molecule has 0 unspecified atom stereocenters. The van der Waals surface area contributed by atoms with Crippen LogP contribution in [0.1, 0.15) is 0 Å². The van der Waals surface area contributed by atoms with Crippen LogP contribution >= 0.6 is 15.9 Å². The highest BCUT2D eigenvalue weighted by atomic mass is 79.9. The van der Waals surface area contributed by atoms with Crippen LogP contribution in [0.4, 0.5) is 4.39 Å². The number of nitrogens with zero attached hydrogens (tertiary/aromatic N) is 2. The third-order valence-electron chi connectivity index (χ3n) is 1.54. The standard InChI is InChI=1S/C8H4BrFN2/c9-8-11-4-5-6(10)2-1-3-7(5)12-8/h1-4H. The molecule has 0 aliphatic carbocycles. The van der Waals surface area contributed by atoms with Gasteiger partial charge < -0.3 is 0 Å². The molecule has 2 rings (SSSR count). The number of benzene rings is 1. The zero-order chi connectivity index (χ0) is 8.55. The second-order valence-corrected chi connectivity index (χ2v) is 3.02. The van der Waals surface area contributed by atoms with Gasteiger partial charge in [0.1, 0.15) is 5.82 Å². The van der Waals surface area contributed by atoms with E-state index < -0.39 is 0 Å². The lowest BCUT2D eigenvalue weighted by Crippen LogP contribution is -1.86. The molecular formula is C8H4BrFN2. The van der Waals surface area contributed by atoms with Crippen molar-refractivity contribution in [3.05, 3.63) is 34.9 Å². The van der Waals surface area contributed by atoms with Crippen molar-refractivity contribution in [2.45, 2.75) is 0 Å². The molecule has 2 aromatic rings. The van der Waals surface area contributed by atoms with E-state index in [2.05, 4.69) is 25.9 Å². The Kier molecular flexibility index (Phi) is 1.77. The van der Waals surface area contributed by atoms with Gasteiger partial charge in [-0.15, -0.1) is 0 Å². The molecule has 0 N–H and O–H groups in total. The lowest BCUT2D eigenvalue weighted by Gasteiger charge is -1.96. The first kappa shape index (κ1) is 7.61. The molecule has 0 bridgehead atoms. The zero-order valence-electron chi connectivity index (χ0n) is 5.96. The highest BCUT2D eigenvalue weighted by Crippen LogP contribution is 2.15. The molecule has 4 heteroatoms. The molecule has 0 aliphatic rings. The fraction of sp³-hybridized carbons (Fsp3) is 0. The Morgan fingerprint density at radius 2 is 2.17 bits per heavy atom. The average molecular weight is 227 g/mol. The summed E-state index contributed by atoms with van der Waals surface area (Å²) in [4.78, 5) is 7.84. The van der Waals surface area contributed by atoms with Gasteiger partial charge in [-0.05, 0) is 28.1 Å². The van der Waals surface area contributed by atoms with Crippen LogP contribution in [0.3, 0.4) is 0 Å². The van der Waals surface area contributed by atoms with E-state index in [9.17, 15) is 4.39 Å². The quantitative estimate of drug-likeness (QED) is 0.646. The summed E-state index contributed by atoms with van der Waals surface area (Å²) >= 11 is 3.11. The molecule has 1 heterocycles. The maximum absolute atomic E-state index is 13.0. The molecule has 12 heavy (non-hydrogen) atoms. The minimum atomic E-state index is -0.292. The van der Waals surface area contributed by atoms with Crippen molar-refractivity contribution in [1.82, 2.24) is 9.97 Å². The summed E-state index contributed by atoms with van der Waals surface area (Å²) in [6.07, 6.45) is 1.46. The third-order valence-corrected chi connectivity index (χ3v) is 1.92. The summed E-state index contributed by atoms with van der Waals surface area (Å²) in [7, 11) is 0. The van der Waals surface area contributed by atoms with Gasteiger partial charge in [0.25, 0.3) is 0 Å². The molecule has 2 nitrogen and oxygen atoms in total. The summed E-state index contributed by atoms with van der Waals surface area (Å²) < 4.78 is 13.5. The minimum Gasteiger partial charge on any atom is -0.230 e. The maximum atomic E-state index is 13.0. The summed E-state index contributed by atoms with van der Waals surface area (Å²) in [5.41, 5.74) is 0.608. The molecule has 0 radical (unpaired) electrons. The van der Waals surface area contributed by atoms with Crippen molar-refractivity contribution in [1.29, 1.82) is 0 Å². The monoisotopic (exact) mass is 226 g/mol. The molecule has 1 aromatic heterocycles. The van der Waals surface area contributed by atoms with Gasteiger partial charge in [-0.25, -0.2) is 14.4 Å². The third kappa shape index (κ3) is 1.18. The van der Waals surface area contributed by atoms with E-state index in [0.717, 1.165) is 0 Å². The van der Waals surface area contributed by atoms with Gasteiger partial charge in [0.2, 0.25) is 0 Å². The van der Waals surface area contributed by atoms with E-state index in [1.165, 1.54) is 12.3 Å². The SMILES string of the molecule is Fc1cccc2nc(Br)ncc12. The molecule has 0 atom stereocenters. The highest BCUT2D eigenvalue weighted by Gasteiger charge is 2.00. The summed E-state index contributed by atoms with van der Waals surface area (Å²) in [5.74, 6) is -0.292. The van der Waals surface area contributed by atoms with Crippen molar-refractivity contribution in [3.8, 4) is 0 Å². The minimum absolute atomic E-state index is 0.292. The Hall–Kier alpha value is -1.03. The number of aromatic nitrogens is 2. The van der Waals surface area contributed by atoms with Crippen molar-refractivity contribution in [2.75, 3.05) is 0 Å². The molecule has 0 saturated carbocycles. The van der Waals surface area contributed by atoms with Gasteiger partial charge in [0.05, 0.1) is 10.9 Å². The zero-order valence-corrected chi connectivity index (χ0v) is 7.55. The van der Waals surface area contributed by atoms with E-state index in [-0.39, 0.29) is 5.82 Å². The Morgan fingerprint density at radius 1 is 1.33 bits per heavy atom. The van der Waals surface area contributed by atoms with Gasteiger partial charge in [-0.3, -0.25) is 0 Å². The fourth-order valence-electron chi connectivity index (χ4n) is 0.997. The molecule has 0 spiro atoms. The number of rotatable bonds is 0. The predicted molar refractivity (Wildman–Crippen MR) is 47.2 cm³/mol. The number of fused-ring (bicyclic) bond motifs is 1. The Morgan fingerprint density at radius 3 is 3.00 bits per heavy atom. The largest absolute Gasteiger partial charge is 0.230 e. The van der Waals surface area contributed by atoms with Crippen LogP contribution in [0.5, 0.6) is 0 Å². The second kappa shape index (κ2) is 2.79. The molecule has 0 aliphatic heterocycles. The predicted octanol–water partition coefficient (Wildman–Crippen LogP) is 2.53. The van der Waals surface area contributed by atoms with E-state index in [1.807, 2.05) is 0 Å². The highest BCUT2D eigenvalue weighted by molar-refractivity contribution is 9.10. The van der Waals surface area contributed by atoms with E-state index in [4.69, 9.17) is 0 Å². The van der Waals surface area contributed by atoms with E-state index in [1.54, 1.807) is 12.1 Å². The van der Waals surface area contributed by atoms with Crippen LogP contribution < -0.4 is 0 Å². The van der Waals surface area contributed by atoms with Crippen LogP contribution in [0.15, 0.2) is 29.1 Å². The van der Waals surface area contributed by atoms with Gasteiger partial charge in [0, 0.05) is 6.20 Å². The first-order valence-corrected chi connectivity index (χ1v) is 4.13. The van der Waals surface area contributed by atoms with Crippen molar-refractivity contribution in [2.24, 2.45) is 0 Å². The molecule has 1 aromatic carbocycles. The Labute approximate surface area is 76.6 Å². The lowest BCUT2D eigenvalue weighted by atomic mass is 10.2. The normalized spacial score (nSPS) is 10.5. The van der Waals surface area contributed by atoms with Crippen molar-refractivity contribution in [3.63, 3.8) is 0 Å². The van der Waals surface area contributed by atoms with E-state index >= 15 is 0 Å². The van der Waals surface area contributed by atoms with Crippen molar-refractivity contribution < 1.29 is 4.39 Å². The van der Waals surface area contributed by atoms with Crippen LogP contribution in [0, 0.1) is 5.82 Å². The lowest BCUT2D eigenvalue weighted by molar-refractivity contribution is 0.639. The number of hydrogen-bond donors (Lipinski definition) is 0. The van der Waals surface area contributed by atoms with Gasteiger partial charge in [-0.1, -0.05) is 6.07 Å². The smallest absolute Gasteiger partial charge is 0.197 e. The van der Waals surface area contributed by atoms with Gasteiger partial charge in [0.15, 0.2) is 4.73 Å². The molecule has 0 saturated heterocycles. The van der Waals surface area contributed by atoms with Crippen LogP contribution in [0.25, 0.3) is 10.9 Å². The first-order chi connectivity index (χ1) is 5.77. The summed E-state index contributed by atoms with van der Waals surface area (Å²) in [6.45, 7) is 0. The van der Waals surface area contributed by atoms with Crippen LogP contribution in [-0.4, -0.2) is 9.97 Å². The van der Waals surface area contributed by atoms with Gasteiger partial charge in [-0.2, -0.15) is 0 Å². The first-order valence-electron chi connectivity index (χ1n) is 3.34. The van der Waals surface area contributed by atoms with Crippen LogP contribution in [0.2, 0.25) is 0 Å². The Bertz CT molecular complexity index is 430. The average Bonchev–Trinajstić information content (AvgIpc) is 2.04. The van der Waals surface area contributed by atoms with Crippen molar-refractivity contribution >= 4 is 26.8 Å². The molecule has 60 valence electrons. The molecular weight excluding hydrogens is 223 g/mol. The maximum Gasteiger partial charge on any atom is 0.197 e. The summed E-state index contributed by atoms with van der Waals surface area (Å²) in [6, 6.07) is 4.75. The topological polar surface area (TPSA) is 25.8 Å².